The zero-order valence-electron chi connectivity index (χ0n) is 16.7. The van der Waals surface area contributed by atoms with Crippen molar-refractivity contribution in [3.63, 3.8) is 0 Å². The summed E-state index contributed by atoms with van der Waals surface area (Å²) in [6, 6.07) is 6.09. The van der Waals surface area contributed by atoms with Crippen molar-refractivity contribution in [2.24, 2.45) is 10.9 Å². The molecule has 1 aromatic carbocycles. The molecule has 1 fully saturated rings. The minimum absolute atomic E-state index is 0.0252. The summed E-state index contributed by atoms with van der Waals surface area (Å²) in [4.78, 5) is 30.2. The Balaban J connectivity index is 1.61. The van der Waals surface area contributed by atoms with Gasteiger partial charge in [-0.2, -0.15) is 0 Å². The SMILES string of the molecule is CC(=O)N1CCC[C@H](C(=O)Nc2ccc(S(=O)(=O)NC3=NCCCCC3)cc2)C1. The van der Waals surface area contributed by atoms with Gasteiger partial charge >= 0.3 is 0 Å². The lowest BCUT2D eigenvalue weighted by Crippen LogP contribution is -2.42. The number of benzene rings is 1. The summed E-state index contributed by atoms with van der Waals surface area (Å²) in [5.41, 5.74) is 0.528. The van der Waals surface area contributed by atoms with Gasteiger partial charge < -0.3 is 10.2 Å². The quantitative estimate of drug-likeness (QED) is 0.778. The van der Waals surface area contributed by atoms with E-state index in [4.69, 9.17) is 0 Å². The first kappa shape index (κ1) is 21.3. The monoisotopic (exact) mass is 420 g/mol. The van der Waals surface area contributed by atoms with E-state index in [1.807, 2.05) is 0 Å². The number of carbonyl (C=O) groups is 2. The Labute approximate surface area is 171 Å². The smallest absolute Gasteiger partial charge is 0.262 e. The van der Waals surface area contributed by atoms with Crippen LogP contribution in [0.1, 0.15) is 45.4 Å². The molecular formula is C20H28N4O4S. The highest BCUT2D eigenvalue weighted by Crippen LogP contribution is 2.20. The maximum absolute atomic E-state index is 12.6. The van der Waals surface area contributed by atoms with Crippen LogP contribution in [0.25, 0.3) is 0 Å². The van der Waals surface area contributed by atoms with Crippen LogP contribution >= 0.6 is 0 Å². The molecule has 0 bridgehead atoms. The molecule has 2 heterocycles. The second-order valence-electron chi connectivity index (χ2n) is 7.56. The number of carbonyl (C=O) groups excluding carboxylic acids is 2. The van der Waals surface area contributed by atoms with Gasteiger partial charge in [0.05, 0.1) is 10.8 Å². The average molecular weight is 421 g/mol. The van der Waals surface area contributed by atoms with Gasteiger partial charge in [-0.3, -0.25) is 19.3 Å². The van der Waals surface area contributed by atoms with E-state index in [1.54, 1.807) is 17.0 Å². The van der Waals surface area contributed by atoms with E-state index < -0.39 is 10.0 Å². The summed E-state index contributed by atoms with van der Waals surface area (Å²) in [7, 11) is -3.70. The van der Waals surface area contributed by atoms with Crippen molar-refractivity contribution in [3.05, 3.63) is 24.3 Å². The van der Waals surface area contributed by atoms with E-state index in [9.17, 15) is 18.0 Å². The fraction of sp³-hybridized carbons (Fsp3) is 0.550. The maximum atomic E-state index is 12.6. The second kappa shape index (κ2) is 9.39. The fourth-order valence-electron chi connectivity index (χ4n) is 3.61. The number of anilines is 1. The predicted molar refractivity (Wildman–Crippen MR) is 111 cm³/mol. The van der Waals surface area contributed by atoms with Crippen molar-refractivity contribution >= 4 is 33.4 Å². The summed E-state index contributed by atoms with van der Waals surface area (Å²) in [6.07, 6.45) is 5.11. The summed E-state index contributed by atoms with van der Waals surface area (Å²) in [5.74, 6) is 0.0681. The third-order valence-corrected chi connectivity index (χ3v) is 6.69. The minimum atomic E-state index is -3.70. The molecule has 2 aliphatic rings. The number of likely N-dealkylation sites (tertiary alicyclic amines) is 1. The van der Waals surface area contributed by atoms with Gasteiger partial charge in [-0.1, -0.05) is 6.42 Å². The molecule has 0 spiro atoms. The van der Waals surface area contributed by atoms with Crippen molar-refractivity contribution < 1.29 is 18.0 Å². The van der Waals surface area contributed by atoms with Crippen molar-refractivity contribution in [1.29, 1.82) is 0 Å². The van der Waals surface area contributed by atoms with Crippen LogP contribution in [0, 0.1) is 5.92 Å². The van der Waals surface area contributed by atoms with Crippen LogP contribution in [0.3, 0.4) is 0 Å². The zero-order chi connectivity index (χ0) is 20.9. The number of piperidine rings is 1. The van der Waals surface area contributed by atoms with Gasteiger partial charge in [0.15, 0.2) is 0 Å². The van der Waals surface area contributed by atoms with Crippen molar-refractivity contribution in [2.45, 2.75) is 50.3 Å². The van der Waals surface area contributed by atoms with Crippen LogP contribution in [-0.2, 0) is 19.6 Å². The number of amides is 2. The number of nitrogens with one attached hydrogen (secondary N) is 2. The number of hydrogen-bond acceptors (Lipinski definition) is 5. The van der Waals surface area contributed by atoms with E-state index in [0.717, 1.165) is 32.1 Å². The predicted octanol–water partition coefficient (Wildman–Crippen LogP) is 2.13. The first-order valence-corrected chi connectivity index (χ1v) is 11.6. The largest absolute Gasteiger partial charge is 0.342 e. The molecule has 0 aliphatic carbocycles. The lowest BCUT2D eigenvalue weighted by Gasteiger charge is -2.31. The minimum Gasteiger partial charge on any atom is -0.342 e. The third kappa shape index (κ3) is 5.79. The number of sulfonamides is 1. The molecule has 29 heavy (non-hydrogen) atoms. The van der Waals surface area contributed by atoms with Crippen LogP contribution in [0.15, 0.2) is 34.2 Å². The standard InChI is InChI=1S/C20H28N4O4S/c1-15(25)24-13-5-6-16(14-24)20(26)22-17-8-10-18(11-9-17)29(27,28)23-19-7-3-2-4-12-21-19/h8-11,16H,2-7,12-14H2,1H3,(H,21,23)(H,22,26)/t16-/m0/s1. The molecule has 9 heteroatoms. The molecule has 158 valence electrons. The van der Waals surface area contributed by atoms with Gasteiger partial charge in [0.25, 0.3) is 10.0 Å². The Morgan fingerprint density at radius 3 is 2.59 bits per heavy atom. The Bertz CT molecular complexity index is 880. The van der Waals surface area contributed by atoms with E-state index >= 15 is 0 Å². The normalized spacial score (nSPS) is 20.4. The van der Waals surface area contributed by atoms with Crippen LogP contribution in [0.4, 0.5) is 5.69 Å². The number of rotatable bonds is 4. The van der Waals surface area contributed by atoms with Crippen molar-refractivity contribution in [3.8, 4) is 0 Å². The van der Waals surface area contributed by atoms with Crippen LogP contribution in [0.2, 0.25) is 0 Å². The Morgan fingerprint density at radius 1 is 1.10 bits per heavy atom. The molecule has 1 aromatic rings. The summed E-state index contributed by atoms with van der Waals surface area (Å²) < 4.78 is 27.7. The van der Waals surface area contributed by atoms with E-state index in [0.29, 0.717) is 37.6 Å². The molecule has 2 N–H and O–H groups in total. The molecular weight excluding hydrogens is 392 g/mol. The molecule has 0 saturated carbocycles. The van der Waals surface area contributed by atoms with Gasteiger partial charge in [-0.05, 0) is 49.9 Å². The van der Waals surface area contributed by atoms with Crippen LogP contribution in [0.5, 0.6) is 0 Å². The summed E-state index contributed by atoms with van der Waals surface area (Å²) >= 11 is 0. The molecule has 3 rings (SSSR count). The second-order valence-corrected chi connectivity index (χ2v) is 9.24. The summed E-state index contributed by atoms with van der Waals surface area (Å²) in [5, 5.41) is 2.82. The van der Waals surface area contributed by atoms with E-state index in [2.05, 4.69) is 15.0 Å². The van der Waals surface area contributed by atoms with Crippen LogP contribution in [-0.4, -0.2) is 50.6 Å². The molecule has 1 saturated heterocycles. The number of amidine groups is 1. The van der Waals surface area contributed by atoms with Crippen molar-refractivity contribution in [1.82, 2.24) is 9.62 Å². The maximum Gasteiger partial charge on any atom is 0.262 e. The number of nitrogens with zero attached hydrogens (tertiary/aromatic N) is 2. The van der Waals surface area contributed by atoms with Gasteiger partial charge in [-0.15, -0.1) is 0 Å². The Hall–Kier alpha value is -2.42. The van der Waals surface area contributed by atoms with Crippen LogP contribution < -0.4 is 10.0 Å². The average Bonchev–Trinajstić information content (AvgIpc) is 2.96. The number of hydrogen-bond donors (Lipinski definition) is 2. The first-order valence-electron chi connectivity index (χ1n) is 10.1. The molecule has 0 unspecified atom stereocenters. The molecule has 0 aromatic heterocycles. The first-order chi connectivity index (χ1) is 13.8. The lowest BCUT2D eigenvalue weighted by molar-refractivity contribution is -0.132. The topological polar surface area (TPSA) is 108 Å². The van der Waals surface area contributed by atoms with Crippen molar-refractivity contribution in [2.75, 3.05) is 25.0 Å². The highest BCUT2D eigenvalue weighted by molar-refractivity contribution is 7.90. The van der Waals surface area contributed by atoms with Gasteiger partial charge in [0, 0.05) is 38.7 Å². The molecule has 8 nitrogen and oxygen atoms in total. The molecule has 1 atom stereocenters. The summed E-state index contributed by atoms with van der Waals surface area (Å²) in [6.45, 7) is 3.25. The van der Waals surface area contributed by atoms with E-state index in [-0.39, 0.29) is 22.6 Å². The molecule has 2 aliphatic heterocycles. The fourth-order valence-corrected chi connectivity index (χ4v) is 4.70. The van der Waals surface area contributed by atoms with Gasteiger partial charge in [0.1, 0.15) is 5.84 Å². The molecule has 0 radical (unpaired) electrons. The molecule has 2 amide bonds. The van der Waals surface area contributed by atoms with Gasteiger partial charge in [0.2, 0.25) is 11.8 Å². The highest BCUT2D eigenvalue weighted by Gasteiger charge is 2.27. The highest BCUT2D eigenvalue weighted by atomic mass is 32.2. The number of aliphatic imine (C=N–C) groups is 1. The van der Waals surface area contributed by atoms with E-state index in [1.165, 1.54) is 19.1 Å². The third-order valence-electron chi connectivity index (χ3n) is 5.30. The Kier molecular flexibility index (Phi) is 6.89. The lowest BCUT2D eigenvalue weighted by atomic mass is 9.97. The Morgan fingerprint density at radius 2 is 1.86 bits per heavy atom. The zero-order valence-corrected chi connectivity index (χ0v) is 17.5. The van der Waals surface area contributed by atoms with Gasteiger partial charge in [-0.25, -0.2) is 8.42 Å².